The second kappa shape index (κ2) is 10.1. The number of thiazole rings is 1. The topological polar surface area (TPSA) is 96.9 Å². The van der Waals surface area contributed by atoms with Crippen LogP contribution in [-0.4, -0.2) is 27.0 Å². The van der Waals surface area contributed by atoms with Gasteiger partial charge in [0.05, 0.1) is 18.5 Å². The van der Waals surface area contributed by atoms with Gasteiger partial charge in [0.1, 0.15) is 5.01 Å². The number of benzene rings is 1. The number of nitrogens with zero attached hydrogens (tertiary/aromatic N) is 3. The Hall–Kier alpha value is -2.95. The maximum Gasteiger partial charge on any atom is 0.232 e. The lowest BCUT2D eigenvalue weighted by atomic mass is 10.0. The Kier molecular flexibility index (Phi) is 7.03. The molecule has 2 N–H and O–H groups in total. The van der Waals surface area contributed by atoms with Crippen molar-refractivity contribution in [2.75, 3.05) is 10.6 Å². The van der Waals surface area contributed by atoms with Crippen molar-refractivity contribution in [2.24, 2.45) is 0 Å². The summed E-state index contributed by atoms with van der Waals surface area (Å²) in [6.07, 6.45) is 0.405. The summed E-state index contributed by atoms with van der Waals surface area (Å²) in [4.78, 5) is 29.8. The van der Waals surface area contributed by atoms with Crippen LogP contribution in [0.1, 0.15) is 35.9 Å². The van der Waals surface area contributed by atoms with Crippen LogP contribution in [0.5, 0.6) is 0 Å². The van der Waals surface area contributed by atoms with E-state index in [1.165, 1.54) is 39.6 Å². The van der Waals surface area contributed by atoms with Crippen molar-refractivity contribution in [1.82, 2.24) is 15.2 Å². The van der Waals surface area contributed by atoms with Crippen LogP contribution in [0.25, 0.3) is 10.6 Å². The summed E-state index contributed by atoms with van der Waals surface area (Å²) in [5.74, 6) is 0.110. The molecule has 3 heterocycles. The molecule has 32 heavy (non-hydrogen) atoms. The van der Waals surface area contributed by atoms with E-state index >= 15 is 0 Å². The Labute approximate surface area is 197 Å². The van der Waals surface area contributed by atoms with Gasteiger partial charge in [-0.15, -0.1) is 32.9 Å². The highest BCUT2D eigenvalue weighted by Crippen LogP contribution is 2.28. The molecule has 0 aliphatic carbocycles. The average Bonchev–Trinajstić information content (AvgIpc) is 3.51. The molecule has 2 amide bonds. The van der Waals surface area contributed by atoms with E-state index < -0.39 is 0 Å². The van der Waals surface area contributed by atoms with Crippen molar-refractivity contribution in [3.05, 3.63) is 63.3 Å². The molecule has 0 unspecified atom stereocenters. The largest absolute Gasteiger partial charge is 0.302 e. The zero-order chi connectivity index (χ0) is 22.5. The Bertz CT molecular complexity index is 1200. The van der Waals surface area contributed by atoms with Crippen LogP contribution < -0.4 is 10.6 Å². The lowest BCUT2D eigenvalue weighted by Gasteiger charge is -2.04. The fraction of sp³-hybridized carbons (Fsp3) is 0.227. The number of carbonyl (C=O) groups is 2. The molecule has 4 rings (SSSR count). The molecule has 0 spiro atoms. The molecule has 7 nitrogen and oxygen atoms in total. The van der Waals surface area contributed by atoms with Crippen molar-refractivity contribution in [2.45, 2.75) is 32.6 Å². The van der Waals surface area contributed by atoms with E-state index in [0.717, 1.165) is 15.4 Å². The standard InChI is InChI=1S/C22H21N5O2S3/c1-13(2)14-5-7-15(8-6-14)20-26-27-22(32-20)25-18(28)10-16-12-31-21(23-16)24-19(29)11-17-4-3-9-30-17/h3-9,12-13H,10-11H2,1-2H3,(H,23,24,29)(H,25,27,28). The molecule has 0 atom stereocenters. The first-order valence-corrected chi connectivity index (χ1v) is 12.5. The average molecular weight is 484 g/mol. The molecule has 1 aromatic carbocycles. The van der Waals surface area contributed by atoms with Gasteiger partial charge in [0.15, 0.2) is 5.13 Å². The van der Waals surface area contributed by atoms with Gasteiger partial charge in [0.25, 0.3) is 0 Å². The van der Waals surface area contributed by atoms with Crippen LogP contribution in [-0.2, 0) is 22.4 Å². The second-order valence-electron chi connectivity index (χ2n) is 7.36. The van der Waals surface area contributed by atoms with E-state index in [1.54, 1.807) is 5.38 Å². The number of amides is 2. The number of aromatic nitrogens is 3. The number of nitrogens with one attached hydrogen (secondary N) is 2. The molecule has 0 aliphatic rings. The Balaban J connectivity index is 1.30. The van der Waals surface area contributed by atoms with E-state index in [4.69, 9.17) is 0 Å². The Morgan fingerprint density at radius 2 is 1.69 bits per heavy atom. The maximum absolute atomic E-state index is 12.4. The third kappa shape index (κ3) is 5.84. The first-order chi connectivity index (χ1) is 15.5. The summed E-state index contributed by atoms with van der Waals surface area (Å²) >= 11 is 4.16. The predicted octanol–water partition coefficient (Wildman–Crippen LogP) is 5.21. The van der Waals surface area contributed by atoms with Gasteiger partial charge in [0, 0.05) is 15.8 Å². The number of rotatable bonds is 8. The van der Waals surface area contributed by atoms with Crippen LogP contribution in [0.3, 0.4) is 0 Å². The van der Waals surface area contributed by atoms with Crippen LogP contribution in [0.15, 0.2) is 47.2 Å². The minimum absolute atomic E-state index is 0.0926. The van der Waals surface area contributed by atoms with Gasteiger partial charge in [-0.2, -0.15) is 0 Å². The fourth-order valence-electron chi connectivity index (χ4n) is 2.91. The molecular formula is C22H21N5O2S3. The van der Waals surface area contributed by atoms with Gasteiger partial charge in [-0.25, -0.2) is 4.98 Å². The SMILES string of the molecule is CC(C)c1ccc(-c2nnc(NC(=O)Cc3csc(NC(=O)Cc4cccs4)n3)s2)cc1. The highest BCUT2D eigenvalue weighted by Gasteiger charge is 2.14. The summed E-state index contributed by atoms with van der Waals surface area (Å²) in [5.41, 5.74) is 2.82. The monoisotopic (exact) mass is 483 g/mol. The Morgan fingerprint density at radius 1 is 0.938 bits per heavy atom. The predicted molar refractivity (Wildman–Crippen MR) is 131 cm³/mol. The summed E-state index contributed by atoms with van der Waals surface area (Å²) in [7, 11) is 0. The zero-order valence-corrected chi connectivity index (χ0v) is 19.9. The molecule has 0 saturated heterocycles. The van der Waals surface area contributed by atoms with E-state index in [9.17, 15) is 9.59 Å². The van der Waals surface area contributed by atoms with Crippen LogP contribution >= 0.6 is 34.0 Å². The van der Waals surface area contributed by atoms with E-state index in [-0.39, 0.29) is 18.2 Å². The zero-order valence-electron chi connectivity index (χ0n) is 17.5. The number of hydrogen-bond acceptors (Lipinski definition) is 8. The van der Waals surface area contributed by atoms with E-state index in [1.807, 2.05) is 29.6 Å². The molecular weight excluding hydrogens is 462 g/mol. The molecule has 4 aromatic rings. The van der Waals surface area contributed by atoms with Gasteiger partial charge in [-0.3, -0.25) is 9.59 Å². The summed E-state index contributed by atoms with van der Waals surface area (Å²) < 4.78 is 0. The normalized spacial score (nSPS) is 11.0. The van der Waals surface area contributed by atoms with E-state index in [2.05, 4.69) is 51.8 Å². The molecule has 10 heteroatoms. The molecule has 0 radical (unpaired) electrons. The van der Waals surface area contributed by atoms with E-state index in [0.29, 0.717) is 28.3 Å². The Morgan fingerprint density at radius 3 is 2.41 bits per heavy atom. The summed E-state index contributed by atoms with van der Waals surface area (Å²) in [6.45, 7) is 4.30. The third-order valence-corrected chi connectivity index (χ3v) is 7.12. The number of thiophene rings is 1. The molecule has 0 bridgehead atoms. The van der Waals surface area contributed by atoms with Crippen molar-refractivity contribution in [3.8, 4) is 10.6 Å². The molecule has 3 aromatic heterocycles. The lowest BCUT2D eigenvalue weighted by Crippen LogP contribution is -2.15. The maximum atomic E-state index is 12.4. The highest BCUT2D eigenvalue weighted by atomic mass is 32.1. The van der Waals surface area contributed by atoms with Crippen molar-refractivity contribution >= 4 is 56.1 Å². The number of hydrogen-bond donors (Lipinski definition) is 2. The molecule has 0 fully saturated rings. The quantitative estimate of drug-likeness (QED) is 0.359. The fourth-order valence-corrected chi connectivity index (χ4v) is 5.10. The minimum atomic E-state index is -0.232. The third-order valence-electron chi connectivity index (χ3n) is 4.55. The van der Waals surface area contributed by atoms with Crippen molar-refractivity contribution in [3.63, 3.8) is 0 Å². The van der Waals surface area contributed by atoms with Crippen LogP contribution in [0.2, 0.25) is 0 Å². The van der Waals surface area contributed by atoms with Crippen molar-refractivity contribution < 1.29 is 9.59 Å². The van der Waals surface area contributed by atoms with Gasteiger partial charge in [-0.05, 0) is 22.9 Å². The molecule has 0 saturated carbocycles. The highest BCUT2D eigenvalue weighted by molar-refractivity contribution is 7.18. The van der Waals surface area contributed by atoms with Gasteiger partial charge >= 0.3 is 0 Å². The van der Waals surface area contributed by atoms with Crippen LogP contribution in [0.4, 0.5) is 10.3 Å². The number of anilines is 2. The first kappa shape index (κ1) is 22.3. The van der Waals surface area contributed by atoms with Gasteiger partial charge in [0.2, 0.25) is 16.9 Å². The van der Waals surface area contributed by atoms with Crippen molar-refractivity contribution in [1.29, 1.82) is 0 Å². The first-order valence-electron chi connectivity index (χ1n) is 9.96. The van der Waals surface area contributed by atoms with Crippen LogP contribution in [0, 0.1) is 0 Å². The molecule has 164 valence electrons. The minimum Gasteiger partial charge on any atom is -0.302 e. The van der Waals surface area contributed by atoms with Gasteiger partial charge < -0.3 is 10.6 Å². The second-order valence-corrected chi connectivity index (χ2v) is 10.2. The van der Waals surface area contributed by atoms with Gasteiger partial charge in [-0.1, -0.05) is 55.5 Å². The lowest BCUT2D eigenvalue weighted by molar-refractivity contribution is -0.116. The smallest absolute Gasteiger partial charge is 0.232 e. The number of carbonyl (C=O) groups excluding carboxylic acids is 2. The summed E-state index contributed by atoms with van der Waals surface area (Å²) in [5, 5.41) is 19.2. The summed E-state index contributed by atoms with van der Waals surface area (Å²) in [6, 6.07) is 12.0. The molecule has 0 aliphatic heterocycles.